The summed E-state index contributed by atoms with van der Waals surface area (Å²) in [6, 6.07) is 7.65. The van der Waals surface area contributed by atoms with E-state index in [0.29, 0.717) is 11.7 Å². The molecule has 1 aromatic carbocycles. The molecule has 1 saturated heterocycles. The van der Waals surface area contributed by atoms with Crippen LogP contribution in [0.15, 0.2) is 24.3 Å². The summed E-state index contributed by atoms with van der Waals surface area (Å²) >= 11 is 0. The third-order valence-electron chi connectivity index (χ3n) is 4.54. The minimum atomic E-state index is -0.398. The van der Waals surface area contributed by atoms with Crippen molar-refractivity contribution < 1.29 is 19.2 Å². The van der Waals surface area contributed by atoms with Gasteiger partial charge in [-0.1, -0.05) is 26.0 Å². The first-order valence-electron chi connectivity index (χ1n) is 7.49. The van der Waals surface area contributed by atoms with E-state index in [4.69, 9.17) is 19.2 Å². The van der Waals surface area contributed by atoms with Gasteiger partial charge in [-0.2, -0.15) is 0 Å². The van der Waals surface area contributed by atoms with Gasteiger partial charge in [0.05, 0.1) is 17.8 Å². The van der Waals surface area contributed by atoms with Gasteiger partial charge in [-0.15, -0.1) is 0 Å². The molecule has 1 atom stereocenters. The normalized spacial score (nSPS) is 24.6. The quantitative estimate of drug-likeness (QED) is 0.843. The smallest absolute Gasteiger partial charge is 0.491 e. The molecule has 0 bridgehead atoms. The van der Waals surface area contributed by atoms with E-state index in [1.807, 2.05) is 24.3 Å². The number of aliphatic hydroxyl groups is 1. The number of hydrogen-bond acceptors (Lipinski definition) is 4. The molecule has 1 heterocycles. The summed E-state index contributed by atoms with van der Waals surface area (Å²) in [6.07, 6.45) is 0. The van der Waals surface area contributed by atoms with Crippen LogP contribution in [0.4, 0.5) is 0 Å². The predicted molar refractivity (Wildman–Crippen MR) is 83.9 cm³/mol. The first-order chi connectivity index (χ1) is 9.80. The number of aliphatic hydroxyl groups excluding tert-OH is 1. The highest BCUT2D eigenvalue weighted by molar-refractivity contribution is 6.62. The zero-order valence-corrected chi connectivity index (χ0v) is 13.6. The maximum Gasteiger partial charge on any atom is 0.494 e. The lowest BCUT2D eigenvalue weighted by Crippen LogP contribution is -2.48. The minimum absolute atomic E-state index is 0.000885. The summed E-state index contributed by atoms with van der Waals surface area (Å²) < 4.78 is 17.8. The Labute approximate surface area is 127 Å². The highest BCUT2D eigenvalue weighted by Gasteiger charge is 2.56. The van der Waals surface area contributed by atoms with Gasteiger partial charge in [0.25, 0.3) is 0 Å². The monoisotopic (exact) mass is 292 g/mol. The molecule has 0 amide bonds. The Kier molecular flexibility index (Phi) is 4.66. The van der Waals surface area contributed by atoms with Crippen molar-refractivity contribution >= 4 is 12.6 Å². The molecule has 1 N–H and O–H groups in total. The topological polar surface area (TPSA) is 47.9 Å². The molecule has 0 aliphatic carbocycles. The van der Waals surface area contributed by atoms with Crippen molar-refractivity contribution in [1.82, 2.24) is 0 Å². The van der Waals surface area contributed by atoms with Crippen LogP contribution in [0.25, 0.3) is 0 Å². The highest BCUT2D eigenvalue weighted by atomic mass is 16.7. The second-order valence-corrected chi connectivity index (χ2v) is 6.48. The fourth-order valence-electron chi connectivity index (χ4n) is 2.65. The molecule has 1 fully saturated rings. The summed E-state index contributed by atoms with van der Waals surface area (Å²) in [5.41, 5.74) is 0.218. The molecule has 1 unspecified atom stereocenters. The molecule has 1 aromatic rings. The largest absolute Gasteiger partial charge is 0.494 e. The second-order valence-electron chi connectivity index (χ2n) is 6.48. The van der Waals surface area contributed by atoms with Gasteiger partial charge in [-0.25, -0.2) is 0 Å². The molecule has 0 radical (unpaired) electrons. The molecular formula is C16H25BO4. The Balaban J connectivity index is 2.20. The van der Waals surface area contributed by atoms with E-state index in [1.165, 1.54) is 0 Å². The minimum Gasteiger partial charge on any atom is -0.491 e. The van der Waals surface area contributed by atoms with Crippen molar-refractivity contribution in [3.05, 3.63) is 24.3 Å². The average Bonchev–Trinajstić information content (AvgIpc) is 2.69. The van der Waals surface area contributed by atoms with Gasteiger partial charge in [0, 0.05) is 0 Å². The van der Waals surface area contributed by atoms with Crippen LogP contribution in [0.1, 0.15) is 34.6 Å². The average molecular weight is 292 g/mol. The van der Waals surface area contributed by atoms with Gasteiger partial charge in [-0.3, -0.25) is 0 Å². The first-order valence-corrected chi connectivity index (χ1v) is 7.49. The van der Waals surface area contributed by atoms with E-state index in [1.54, 1.807) is 0 Å². The Hall–Kier alpha value is -1.04. The van der Waals surface area contributed by atoms with Gasteiger partial charge < -0.3 is 19.2 Å². The molecule has 5 heteroatoms. The summed E-state index contributed by atoms with van der Waals surface area (Å²) in [5.74, 6) is 1.05. The van der Waals surface area contributed by atoms with Gasteiger partial charge in [0.15, 0.2) is 0 Å². The van der Waals surface area contributed by atoms with Crippen molar-refractivity contribution in [3.8, 4) is 5.75 Å². The highest BCUT2D eigenvalue weighted by Crippen LogP contribution is 2.42. The van der Waals surface area contributed by atoms with Crippen LogP contribution in [0.2, 0.25) is 0 Å². The van der Waals surface area contributed by atoms with Crippen molar-refractivity contribution in [3.63, 3.8) is 0 Å². The lowest BCUT2D eigenvalue weighted by Gasteiger charge is -2.39. The number of hydrogen-bond donors (Lipinski definition) is 1. The third-order valence-corrected chi connectivity index (χ3v) is 4.54. The molecule has 0 saturated carbocycles. The van der Waals surface area contributed by atoms with Crippen LogP contribution in [-0.2, 0) is 9.31 Å². The van der Waals surface area contributed by atoms with Gasteiger partial charge in [0.2, 0.25) is 0 Å². The van der Waals surface area contributed by atoms with Crippen molar-refractivity contribution in [2.75, 3.05) is 13.2 Å². The SMILES string of the molecule is CC(C)C1(C)OB(c2cccc(OCCO)c2)OC1(C)C. The number of ether oxygens (including phenoxy) is 1. The number of rotatable bonds is 5. The maximum absolute atomic E-state index is 8.83. The molecule has 116 valence electrons. The molecule has 4 nitrogen and oxygen atoms in total. The molecule has 2 rings (SSSR count). The van der Waals surface area contributed by atoms with Crippen LogP contribution in [0.5, 0.6) is 5.75 Å². The lowest BCUT2D eigenvalue weighted by molar-refractivity contribution is -0.0435. The van der Waals surface area contributed by atoms with Crippen molar-refractivity contribution in [2.24, 2.45) is 5.92 Å². The maximum atomic E-state index is 8.83. The fourth-order valence-corrected chi connectivity index (χ4v) is 2.65. The van der Waals surface area contributed by atoms with Gasteiger partial charge in [-0.05, 0) is 44.3 Å². The van der Waals surface area contributed by atoms with Crippen LogP contribution >= 0.6 is 0 Å². The van der Waals surface area contributed by atoms with E-state index in [-0.39, 0.29) is 24.4 Å². The van der Waals surface area contributed by atoms with Crippen LogP contribution in [0, 0.1) is 5.92 Å². The molecule has 21 heavy (non-hydrogen) atoms. The van der Waals surface area contributed by atoms with Crippen LogP contribution < -0.4 is 10.2 Å². The third kappa shape index (κ3) is 3.10. The van der Waals surface area contributed by atoms with Crippen LogP contribution in [-0.4, -0.2) is 36.6 Å². The Morgan fingerprint density at radius 1 is 1.24 bits per heavy atom. The zero-order chi connectivity index (χ0) is 15.7. The Morgan fingerprint density at radius 3 is 2.52 bits per heavy atom. The summed E-state index contributed by atoms with van der Waals surface area (Å²) in [6.45, 7) is 10.8. The molecule has 1 aliphatic heterocycles. The van der Waals surface area contributed by atoms with Gasteiger partial charge in [0.1, 0.15) is 12.4 Å². The summed E-state index contributed by atoms with van der Waals surface area (Å²) in [7, 11) is -0.398. The van der Waals surface area contributed by atoms with Crippen molar-refractivity contribution in [2.45, 2.75) is 45.8 Å². The molecular weight excluding hydrogens is 267 g/mol. The number of benzene rings is 1. The zero-order valence-electron chi connectivity index (χ0n) is 13.6. The summed E-state index contributed by atoms with van der Waals surface area (Å²) in [4.78, 5) is 0. The fraction of sp³-hybridized carbons (Fsp3) is 0.625. The van der Waals surface area contributed by atoms with Crippen LogP contribution in [0.3, 0.4) is 0 Å². The first kappa shape index (κ1) is 16.3. The molecule has 1 aliphatic rings. The van der Waals surface area contributed by atoms with E-state index in [9.17, 15) is 0 Å². The Morgan fingerprint density at radius 2 is 1.95 bits per heavy atom. The van der Waals surface area contributed by atoms with Crippen molar-refractivity contribution in [1.29, 1.82) is 0 Å². The molecule has 0 spiro atoms. The van der Waals surface area contributed by atoms with E-state index < -0.39 is 7.12 Å². The van der Waals surface area contributed by atoms with E-state index in [0.717, 1.165) is 5.46 Å². The summed E-state index contributed by atoms with van der Waals surface area (Å²) in [5, 5.41) is 8.83. The standard InChI is InChI=1S/C16H25BO4/c1-12(2)16(5)15(3,4)20-17(21-16)13-7-6-8-14(11-13)19-10-9-18/h6-8,11-12,18H,9-10H2,1-5H3. The molecule has 0 aromatic heterocycles. The lowest BCUT2D eigenvalue weighted by atomic mass is 9.78. The van der Waals surface area contributed by atoms with Gasteiger partial charge >= 0.3 is 7.12 Å². The predicted octanol–water partition coefficient (Wildman–Crippen LogP) is 1.99. The second kappa shape index (κ2) is 5.99. The Bertz CT molecular complexity index is 489. The van der Waals surface area contributed by atoms with E-state index >= 15 is 0 Å². The van der Waals surface area contributed by atoms with E-state index in [2.05, 4.69) is 34.6 Å².